The predicted octanol–water partition coefficient (Wildman–Crippen LogP) is 3.33. The topological polar surface area (TPSA) is 84.5 Å². The molecule has 6 heteroatoms. The first-order valence-corrected chi connectivity index (χ1v) is 9.39. The van der Waals surface area contributed by atoms with Crippen LogP contribution in [0.25, 0.3) is 0 Å². The first-order valence-electron chi connectivity index (χ1n) is 9.39. The normalized spacial score (nSPS) is 11.4. The minimum atomic E-state index is -0.658. The second-order valence-electron chi connectivity index (χ2n) is 6.59. The van der Waals surface area contributed by atoms with Gasteiger partial charge in [-0.2, -0.15) is 0 Å². The van der Waals surface area contributed by atoms with Crippen LogP contribution in [0.15, 0.2) is 54.6 Å². The number of carbonyl (C=O) groups excluding carboxylic acids is 3. The molecule has 0 radical (unpaired) electrons. The molecule has 28 heavy (non-hydrogen) atoms. The van der Waals surface area contributed by atoms with E-state index in [4.69, 9.17) is 4.74 Å². The maximum atomic E-state index is 12.4. The number of rotatable bonds is 9. The molecule has 0 bridgehead atoms. The van der Waals surface area contributed by atoms with Gasteiger partial charge in [-0.1, -0.05) is 55.8 Å². The van der Waals surface area contributed by atoms with Crippen molar-refractivity contribution in [3.8, 4) is 0 Å². The Bertz CT molecular complexity index is 805. The lowest BCUT2D eigenvalue weighted by Gasteiger charge is -2.14. The molecule has 0 saturated heterocycles. The maximum Gasteiger partial charge on any atom is 0.340 e. The van der Waals surface area contributed by atoms with Crippen molar-refractivity contribution >= 4 is 23.5 Å². The highest BCUT2D eigenvalue weighted by Gasteiger charge is 2.16. The van der Waals surface area contributed by atoms with Gasteiger partial charge in [-0.15, -0.1) is 0 Å². The molecule has 0 aliphatic heterocycles. The zero-order valence-corrected chi connectivity index (χ0v) is 16.2. The molecule has 2 amide bonds. The van der Waals surface area contributed by atoms with Crippen molar-refractivity contribution < 1.29 is 19.1 Å². The van der Waals surface area contributed by atoms with Gasteiger partial charge in [0.1, 0.15) is 0 Å². The fourth-order valence-electron chi connectivity index (χ4n) is 2.78. The third-order valence-corrected chi connectivity index (χ3v) is 4.09. The maximum absolute atomic E-state index is 12.4. The molecular formula is C22H26N2O4. The minimum absolute atomic E-state index is 0.0285. The van der Waals surface area contributed by atoms with E-state index in [0.717, 1.165) is 18.4 Å². The molecule has 0 unspecified atom stereocenters. The summed E-state index contributed by atoms with van der Waals surface area (Å²) >= 11 is 0. The molecule has 0 aromatic heterocycles. The molecule has 148 valence electrons. The third kappa shape index (κ3) is 6.87. The molecule has 2 aromatic carbocycles. The lowest BCUT2D eigenvalue weighted by molar-refractivity contribution is -0.124. The van der Waals surface area contributed by atoms with Gasteiger partial charge < -0.3 is 15.4 Å². The Morgan fingerprint density at radius 2 is 1.64 bits per heavy atom. The number of para-hydroxylation sites is 1. The van der Waals surface area contributed by atoms with Gasteiger partial charge in [0.2, 0.25) is 5.91 Å². The van der Waals surface area contributed by atoms with Crippen LogP contribution in [0.1, 0.15) is 42.6 Å². The molecule has 0 heterocycles. The Morgan fingerprint density at radius 3 is 2.36 bits per heavy atom. The van der Waals surface area contributed by atoms with E-state index in [0.29, 0.717) is 5.69 Å². The van der Waals surface area contributed by atoms with Gasteiger partial charge in [-0.3, -0.25) is 9.59 Å². The van der Waals surface area contributed by atoms with Crippen molar-refractivity contribution in [1.29, 1.82) is 0 Å². The van der Waals surface area contributed by atoms with Gasteiger partial charge in [0.15, 0.2) is 6.61 Å². The van der Waals surface area contributed by atoms with Gasteiger partial charge in [0.25, 0.3) is 5.91 Å². The summed E-state index contributed by atoms with van der Waals surface area (Å²) < 4.78 is 5.11. The summed E-state index contributed by atoms with van der Waals surface area (Å²) in [6, 6.07) is 15.9. The average Bonchev–Trinajstić information content (AvgIpc) is 2.67. The fraction of sp³-hybridized carbons (Fsp3) is 0.318. The Labute approximate surface area is 165 Å². The van der Waals surface area contributed by atoms with Gasteiger partial charge in [0, 0.05) is 6.04 Å². The molecule has 1 atom stereocenters. The van der Waals surface area contributed by atoms with E-state index >= 15 is 0 Å². The predicted molar refractivity (Wildman–Crippen MR) is 108 cm³/mol. The zero-order chi connectivity index (χ0) is 20.4. The average molecular weight is 382 g/mol. The van der Waals surface area contributed by atoms with Crippen LogP contribution in [0.5, 0.6) is 0 Å². The van der Waals surface area contributed by atoms with Crippen molar-refractivity contribution in [3.05, 3.63) is 65.7 Å². The fourth-order valence-corrected chi connectivity index (χ4v) is 2.78. The number of benzene rings is 2. The molecule has 0 fully saturated rings. The number of esters is 1. The van der Waals surface area contributed by atoms with E-state index in [1.807, 2.05) is 44.2 Å². The lowest BCUT2D eigenvalue weighted by atomic mass is 10.1. The van der Waals surface area contributed by atoms with Crippen LogP contribution in [-0.4, -0.2) is 30.4 Å². The highest BCUT2D eigenvalue weighted by atomic mass is 16.5. The summed E-state index contributed by atoms with van der Waals surface area (Å²) in [6.45, 7) is 3.58. The molecule has 6 nitrogen and oxygen atoms in total. The second-order valence-corrected chi connectivity index (χ2v) is 6.59. The number of nitrogens with one attached hydrogen (secondary N) is 2. The van der Waals surface area contributed by atoms with Crippen molar-refractivity contribution in [2.45, 2.75) is 39.2 Å². The molecular weight excluding hydrogens is 356 g/mol. The lowest BCUT2D eigenvalue weighted by Crippen LogP contribution is -2.35. The highest BCUT2D eigenvalue weighted by Crippen LogP contribution is 2.17. The van der Waals surface area contributed by atoms with Crippen LogP contribution in [-0.2, 0) is 20.7 Å². The first kappa shape index (κ1) is 21.2. The minimum Gasteiger partial charge on any atom is -0.452 e. The van der Waals surface area contributed by atoms with E-state index in [2.05, 4.69) is 10.6 Å². The second kappa shape index (κ2) is 10.9. The summed E-state index contributed by atoms with van der Waals surface area (Å²) in [6.07, 6.45) is 2.01. The van der Waals surface area contributed by atoms with E-state index in [-0.39, 0.29) is 36.4 Å². The quantitative estimate of drug-likeness (QED) is 0.652. The van der Waals surface area contributed by atoms with Gasteiger partial charge in [-0.05, 0) is 31.0 Å². The number of ether oxygens (including phenoxy) is 1. The molecule has 0 aliphatic carbocycles. The molecule has 2 N–H and O–H groups in total. The van der Waals surface area contributed by atoms with Gasteiger partial charge in [-0.25, -0.2) is 4.79 Å². The molecule has 0 saturated carbocycles. The van der Waals surface area contributed by atoms with Crippen molar-refractivity contribution in [1.82, 2.24) is 5.32 Å². The molecule has 2 aromatic rings. The molecule has 2 rings (SSSR count). The van der Waals surface area contributed by atoms with Crippen LogP contribution in [0.4, 0.5) is 5.69 Å². The van der Waals surface area contributed by atoms with E-state index in [1.165, 1.54) is 0 Å². The summed E-state index contributed by atoms with van der Waals surface area (Å²) in [5.41, 5.74) is 1.43. The van der Waals surface area contributed by atoms with Crippen molar-refractivity contribution in [2.75, 3.05) is 11.9 Å². The Hall–Kier alpha value is -3.15. The highest BCUT2D eigenvalue weighted by molar-refractivity contribution is 6.02. The number of carbonyl (C=O) groups is 3. The Kier molecular flexibility index (Phi) is 8.21. The first-order chi connectivity index (χ1) is 13.5. The van der Waals surface area contributed by atoms with Crippen LogP contribution in [0.2, 0.25) is 0 Å². The summed E-state index contributed by atoms with van der Waals surface area (Å²) in [7, 11) is 0. The standard InChI is InChI=1S/C22H26N2O4/c1-3-9-16(2)23-21(26)15-28-22(27)18-12-7-8-13-19(18)24-20(25)14-17-10-5-4-6-11-17/h4-8,10-13,16H,3,9,14-15H2,1-2H3,(H,23,26)(H,24,25)/t16-/m1/s1. The summed E-state index contributed by atoms with van der Waals surface area (Å²) in [5, 5.41) is 5.51. The summed E-state index contributed by atoms with van der Waals surface area (Å²) in [4.78, 5) is 36.5. The van der Waals surface area contributed by atoms with Crippen molar-refractivity contribution in [3.63, 3.8) is 0 Å². The van der Waals surface area contributed by atoms with E-state index in [9.17, 15) is 14.4 Å². The number of hydrogen-bond donors (Lipinski definition) is 2. The van der Waals surface area contributed by atoms with Crippen LogP contribution in [0.3, 0.4) is 0 Å². The summed E-state index contributed by atoms with van der Waals surface area (Å²) in [5.74, 6) is -1.24. The Balaban J connectivity index is 1.94. The monoisotopic (exact) mass is 382 g/mol. The largest absolute Gasteiger partial charge is 0.452 e. The smallest absolute Gasteiger partial charge is 0.340 e. The molecule has 0 aliphatic rings. The van der Waals surface area contributed by atoms with Crippen LogP contribution in [0, 0.1) is 0 Å². The number of amides is 2. The van der Waals surface area contributed by atoms with E-state index in [1.54, 1.807) is 24.3 Å². The van der Waals surface area contributed by atoms with Crippen molar-refractivity contribution in [2.24, 2.45) is 0 Å². The SMILES string of the molecule is CCC[C@@H](C)NC(=O)COC(=O)c1ccccc1NC(=O)Cc1ccccc1. The van der Waals surface area contributed by atoms with Crippen LogP contribution < -0.4 is 10.6 Å². The Morgan fingerprint density at radius 1 is 0.964 bits per heavy atom. The number of anilines is 1. The van der Waals surface area contributed by atoms with Gasteiger partial charge >= 0.3 is 5.97 Å². The van der Waals surface area contributed by atoms with Crippen LogP contribution >= 0.6 is 0 Å². The molecule has 0 spiro atoms. The zero-order valence-electron chi connectivity index (χ0n) is 16.2. The van der Waals surface area contributed by atoms with E-state index < -0.39 is 5.97 Å². The number of hydrogen-bond acceptors (Lipinski definition) is 4. The third-order valence-electron chi connectivity index (χ3n) is 4.09. The van der Waals surface area contributed by atoms with Gasteiger partial charge in [0.05, 0.1) is 17.7 Å².